The first-order chi connectivity index (χ1) is 23.4. The average Bonchev–Trinajstić information content (AvgIpc) is 3.95. The van der Waals surface area contributed by atoms with Gasteiger partial charge in [0.2, 0.25) is 11.8 Å². The Morgan fingerprint density at radius 1 is 0.604 bits per heavy atom. The number of aryl methyl sites for hydroxylation is 2. The van der Waals surface area contributed by atoms with Gasteiger partial charge in [0.15, 0.2) is 0 Å². The molecule has 48 heavy (non-hydrogen) atoms. The molecular formula is C40H46N4O2S2. The number of carbonyl (C=O) groups is 2. The summed E-state index contributed by atoms with van der Waals surface area (Å²) in [6.07, 6.45) is 6.77. The normalized spacial score (nSPS) is 11.9. The van der Waals surface area contributed by atoms with Crippen molar-refractivity contribution in [3.63, 3.8) is 0 Å². The molecule has 0 unspecified atom stereocenters. The van der Waals surface area contributed by atoms with Crippen molar-refractivity contribution in [1.29, 1.82) is 0 Å². The van der Waals surface area contributed by atoms with Gasteiger partial charge in [-0.1, -0.05) is 113 Å². The van der Waals surface area contributed by atoms with Crippen LogP contribution >= 0.6 is 22.7 Å². The second-order valence-electron chi connectivity index (χ2n) is 10.9. The highest BCUT2D eigenvalue weighted by molar-refractivity contribution is 7.15. The first-order valence-electron chi connectivity index (χ1n) is 16.9. The van der Waals surface area contributed by atoms with E-state index in [1.54, 1.807) is 27.2 Å². The fourth-order valence-corrected chi connectivity index (χ4v) is 7.37. The van der Waals surface area contributed by atoms with Crippen LogP contribution in [0.3, 0.4) is 0 Å². The van der Waals surface area contributed by atoms with Crippen molar-refractivity contribution in [2.75, 3.05) is 13.1 Å². The molecule has 8 heteroatoms. The summed E-state index contributed by atoms with van der Waals surface area (Å²) in [5.74, 6) is 0.249. The van der Waals surface area contributed by atoms with E-state index in [1.165, 1.54) is 0 Å². The van der Waals surface area contributed by atoms with Crippen LogP contribution in [0.5, 0.6) is 0 Å². The first-order valence-corrected chi connectivity index (χ1v) is 18.5. The van der Waals surface area contributed by atoms with Crippen molar-refractivity contribution in [1.82, 2.24) is 19.4 Å². The van der Waals surface area contributed by atoms with Crippen LogP contribution in [0.2, 0.25) is 0 Å². The highest BCUT2D eigenvalue weighted by Crippen LogP contribution is 2.32. The Morgan fingerprint density at radius 3 is 1.44 bits per heavy atom. The molecule has 250 valence electrons. The standard InChI is InChI=1S/C20H16N2OS.C16H18N2OS.2C2H6/c1-14-21-18(20(24-14)15-7-3-2-4-8-15)11-19(23)22-12-16-9-5-6-10-17(16)13-22;1-12-17-14(11-15(19)18-9-5-6-10-18)16(20-12)13-7-3-2-4-8-13;2*1-2/h2-10,12-13H,11H2,1H3;2-4,7-8H,5-6,9-11H2,1H3;2*1-2H3. The maximum absolute atomic E-state index is 12.7. The van der Waals surface area contributed by atoms with Crippen LogP contribution in [0.4, 0.5) is 0 Å². The number of hydrogen-bond donors (Lipinski definition) is 0. The predicted octanol–water partition coefficient (Wildman–Crippen LogP) is 10.3. The van der Waals surface area contributed by atoms with E-state index in [0.717, 1.165) is 79.0 Å². The Hall–Kier alpha value is -4.40. The third kappa shape index (κ3) is 9.36. The van der Waals surface area contributed by atoms with Crippen molar-refractivity contribution < 1.29 is 9.59 Å². The van der Waals surface area contributed by atoms with Crippen LogP contribution in [0.25, 0.3) is 31.7 Å². The molecule has 6 nitrogen and oxygen atoms in total. The zero-order valence-corrected chi connectivity index (χ0v) is 30.5. The first kappa shape index (κ1) is 36.4. The largest absolute Gasteiger partial charge is 0.342 e. The van der Waals surface area contributed by atoms with Gasteiger partial charge in [-0.05, 0) is 48.6 Å². The summed E-state index contributed by atoms with van der Waals surface area (Å²) in [6, 6.07) is 28.3. The molecular weight excluding hydrogens is 633 g/mol. The van der Waals surface area contributed by atoms with Gasteiger partial charge in [0.1, 0.15) is 0 Å². The molecule has 1 aliphatic heterocycles. The zero-order chi connectivity index (χ0) is 34.5. The maximum atomic E-state index is 12.7. The molecule has 0 atom stereocenters. The molecule has 3 aromatic carbocycles. The molecule has 1 amide bonds. The molecule has 0 saturated carbocycles. The maximum Gasteiger partial charge on any atom is 0.236 e. The highest BCUT2D eigenvalue weighted by Gasteiger charge is 2.21. The Labute approximate surface area is 293 Å². The number of carbonyl (C=O) groups excluding carboxylic acids is 2. The summed E-state index contributed by atoms with van der Waals surface area (Å²) in [4.78, 5) is 38.3. The third-order valence-corrected chi connectivity index (χ3v) is 9.74. The number of fused-ring (bicyclic) bond motifs is 1. The van der Waals surface area contributed by atoms with E-state index < -0.39 is 0 Å². The topological polar surface area (TPSA) is 68.1 Å². The van der Waals surface area contributed by atoms with Crippen LogP contribution in [-0.2, 0) is 17.6 Å². The monoisotopic (exact) mass is 678 g/mol. The van der Waals surface area contributed by atoms with E-state index in [9.17, 15) is 9.59 Å². The van der Waals surface area contributed by atoms with E-state index in [0.29, 0.717) is 12.8 Å². The third-order valence-electron chi connectivity index (χ3n) is 7.62. The molecule has 6 aromatic rings. The fraction of sp³-hybridized carbons (Fsp3) is 0.300. The summed E-state index contributed by atoms with van der Waals surface area (Å²) in [6.45, 7) is 13.8. The molecule has 0 N–H and O–H groups in total. The smallest absolute Gasteiger partial charge is 0.236 e. The Bertz CT molecular complexity index is 1850. The number of rotatable bonds is 6. The molecule has 0 radical (unpaired) electrons. The quantitative estimate of drug-likeness (QED) is 0.176. The molecule has 1 saturated heterocycles. The lowest BCUT2D eigenvalue weighted by molar-refractivity contribution is -0.129. The van der Waals surface area contributed by atoms with Gasteiger partial charge in [-0.15, -0.1) is 22.7 Å². The molecule has 0 aliphatic carbocycles. The summed E-state index contributed by atoms with van der Waals surface area (Å²) in [5, 5.41) is 4.15. The van der Waals surface area contributed by atoms with Crippen molar-refractivity contribution in [3.8, 4) is 20.9 Å². The molecule has 1 fully saturated rings. The lowest BCUT2D eigenvalue weighted by atomic mass is 10.1. The van der Waals surface area contributed by atoms with Gasteiger partial charge in [-0.2, -0.15) is 0 Å². The highest BCUT2D eigenvalue weighted by atomic mass is 32.1. The molecule has 0 bridgehead atoms. The summed E-state index contributed by atoms with van der Waals surface area (Å²) in [7, 11) is 0. The zero-order valence-electron chi connectivity index (χ0n) is 28.9. The Morgan fingerprint density at radius 2 is 1.00 bits per heavy atom. The van der Waals surface area contributed by atoms with Gasteiger partial charge < -0.3 is 4.90 Å². The van der Waals surface area contributed by atoms with Crippen LogP contribution in [0.1, 0.15) is 66.7 Å². The van der Waals surface area contributed by atoms with Gasteiger partial charge in [0, 0.05) is 25.5 Å². The number of likely N-dealkylation sites (tertiary alicyclic amines) is 1. The van der Waals surface area contributed by atoms with Crippen LogP contribution in [0.15, 0.2) is 97.3 Å². The second kappa shape index (κ2) is 18.2. The van der Waals surface area contributed by atoms with Gasteiger partial charge >= 0.3 is 0 Å². The van der Waals surface area contributed by atoms with E-state index in [4.69, 9.17) is 0 Å². The fourth-order valence-electron chi connectivity index (χ4n) is 5.49. The number of aromatic nitrogens is 3. The molecule has 7 rings (SSSR count). The minimum atomic E-state index is 0.0358. The van der Waals surface area contributed by atoms with Gasteiger partial charge in [-0.3, -0.25) is 14.2 Å². The van der Waals surface area contributed by atoms with Crippen molar-refractivity contribution in [3.05, 3.63) is 119 Å². The van der Waals surface area contributed by atoms with E-state index in [1.807, 2.05) is 119 Å². The van der Waals surface area contributed by atoms with Gasteiger partial charge in [0.25, 0.3) is 0 Å². The number of benzene rings is 3. The minimum Gasteiger partial charge on any atom is -0.342 e. The van der Waals surface area contributed by atoms with E-state index in [2.05, 4.69) is 34.2 Å². The van der Waals surface area contributed by atoms with Crippen LogP contribution in [0, 0.1) is 13.8 Å². The summed E-state index contributed by atoms with van der Waals surface area (Å²) in [5.41, 5.74) is 4.05. The molecule has 0 spiro atoms. The van der Waals surface area contributed by atoms with E-state index in [-0.39, 0.29) is 11.8 Å². The minimum absolute atomic E-state index is 0.0358. The van der Waals surface area contributed by atoms with Gasteiger partial charge in [0.05, 0.1) is 44.0 Å². The van der Waals surface area contributed by atoms with Crippen molar-refractivity contribution in [2.45, 2.75) is 67.2 Å². The average molecular weight is 679 g/mol. The SMILES string of the molecule is CC.CC.Cc1nc(CC(=O)N2CCCC2)c(-c2ccccc2)s1.Cc1nc(CC(=O)n2cc3ccccc3c2)c(-c2ccccc2)s1. The second-order valence-corrected chi connectivity index (χ2v) is 13.3. The summed E-state index contributed by atoms with van der Waals surface area (Å²) < 4.78 is 1.67. The lowest BCUT2D eigenvalue weighted by Gasteiger charge is -2.14. The molecule has 4 heterocycles. The van der Waals surface area contributed by atoms with Gasteiger partial charge in [-0.25, -0.2) is 9.97 Å². The van der Waals surface area contributed by atoms with E-state index >= 15 is 0 Å². The number of nitrogens with zero attached hydrogens (tertiary/aromatic N) is 4. The van der Waals surface area contributed by atoms with Crippen molar-refractivity contribution >= 4 is 45.3 Å². The molecule has 1 aliphatic rings. The van der Waals surface area contributed by atoms with Crippen LogP contribution in [-0.4, -0.2) is 44.3 Å². The number of hydrogen-bond acceptors (Lipinski definition) is 6. The number of amides is 1. The predicted molar refractivity (Wildman–Crippen MR) is 203 cm³/mol. The van der Waals surface area contributed by atoms with Crippen LogP contribution < -0.4 is 0 Å². The van der Waals surface area contributed by atoms with Crippen molar-refractivity contribution in [2.24, 2.45) is 0 Å². The number of thiazole rings is 2. The molecule has 3 aromatic heterocycles. The Balaban J connectivity index is 0.000000199. The summed E-state index contributed by atoms with van der Waals surface area (Å²) >= 11 is 3.31. The Kier molecular flexibility index (Phi) is 13.8. The lowest BCUT2D eigenvalue weighted by Crippen LogP contribution is -2.29.